The molecule has 11 heteroatoms. The number of aromatic nitrogens is 2. The Morgan fingerprint density at radius 1 is 0.778 bits per heavy atom. The third-order valence-electron chi connectivity index (χ3n) is 8.04. The minimum absolute atomic E-state index is 0.100. The zero-order valence-electron chi connectivity index (χ0n) is 24.1. The van der Waals surface area contributed by atoms with E-state index in [1.165, 1.54) is 18.6 Å². The van der Waals surface area contributed by atoms with Gasteiger partial charge in [0.15, 0.2) is 23.3 Å². The van der Waals surface area contributed by atoms with E-state index in [0.717, 1.165) is 43.7 Å². The van der Waals surface area contributed by atoms with E-state index in [0.29, 0.717) is 29.5 Å². The Hall–Kier alpha value is -4.28. The molecular weight excluding hydrogens is 604 g/mol. The number of benzene rings is 3. The standard InChI is InChI=1S/C34H28F8N2O/c1-2-3-4-5-19-6-8-20(9-7-19)23-17-43-33(44-18-23)21-10-11-25(26(35)12-21)22-13-27(36)31(28(37)14-22)34(41,42)45-24-15-29(38)32(40)30(39)16-24/h2-3,10-20H,4-9H2,1H3. The van der Waals surface area contributed by atoms with Gasteiger partial charge in [0.1, 0.15) is 28.8 Å². The molecule has 0 amide bonds. The van der Waals surface area contributed by atoms with Crippen LogP contribution < -0.4 is 4.74 Å². The number of rotatable bonds is 9. The van der Waals surface area contributed by atoms with Gasteiger partial charge in [-0.15, -0.1) is 0 Å². The third-order valence-corrected chi connectivity index (χ3v) is 8.04. The largest absolute Gasteiger partial charge is 0.432 e. The SMILES string of the molecule is CC=CCCC1CCC(c2cnc(-c3ccc(-c4cc(F)c(C(F)(F)Oc5cc(F)c(F)c(F)c5)c(F)c4)c(F)c3)nc2)CC1. The summed E-state index contributed by atoms with van der Waals surface area (Å²) in [4.78, 5) is 8.78. The fourth-order valence-electron chi connectivity index (χ4n) is 5.67. The molecule has 0 atom stereocenters. The summed E-state index contributed by atoms with van der Waals surface area (Å²) in [6, 6.07) is 4.86. The summed E-state index contributed by atoms with van der Waals surface area (Å²) in [5, 5.41) is 0. The quantitative estimate of drug-likeness (QED) is 0.105. The summed E-state index contributed by atoms with van der Waals surface area (Å²) in [6.45, 7) is 2.02. The number of hydrogen-bond acceptors (Lipinski definition) is 3. The Morgan fingerprint density at radius 2 is 1.38 bits per heavy atom. The molecule has 0 aliphatic heterocycles. The van der Waals surface area contributed by atoms with Gasteiger partial charge in [0.25, 0.3) is 0 Å². The van der Waals surface area contributed by atoms with Crippen molar-refractivity contribution in [3.63, 3.8) is 0 Å². The van der Waals surface area contributed by atoms with Gasteiger partial charge < -0.3 is 4.74 Å². The van der Waals surface area contributed by atoms with Crippen molar-refractivity contribution < 1.29 is 39.9 Å². The predicted molar refractivity (Wildman–Crippen MR) is 152 cm³/mol. The van der Waals surface area contributed by atoms with Gasteiger partial charge in [-0.2, -0.15) is 8.78 Å². The van der Waals surface area contributed by atoms with Crippen molar-refractivity contribution in [2.24, 2.45) is 5.92 Å². The lowest BCUT2D eigenvalue weighted by atomic mass is 9.78. The fourth-order valence-corrected chi connectivity index (χ4v) is 5.67. The molecule has 0 bridgehead atoms. The van der Waals surface area contributed by atoms with Crippen LogP contribution >= 0.6 is 0 Å². The minimum atomic E-state index is -4.76. The highest BCUT2D eigenvalue weighted by atomic mass is 19.3. The molecule has 1 fully saturated rings. The third kappa shape index (κ3) is 7.18. The van der Waals surface area contributed by atoms with Gasteiger partial charge in [0.2, 0.25) is 0 Å². The van der Waals surface area contributed by atoms with Gasteiger partial charge in [-0.25, -0.2) is 36.3 Å². The summed E-state index contributed by atoms with van der Waals surface area (Å²) in [5.41, 5.74) is -1.28. The lowest BCUT2D eigenvalue weighted by molar-refractivity contribution is -0.189. The molecule has 1 aliphatic carbocycles. The lowest BCUT2D eigenvalue weighted by Gasteiger charge is -2.28. The van der Waals surface area contributed by atoms with E-state index >= 15 is 4.39 Å². The highest BCUT2D eigenvalue weighted by molar-refractivity contribution is 5.69. The van der Waals surface area contributed by atoms with Gasteiger partial charge in [-0.05, 0) is 86.6 Å². The van der Waals surface area contributed by atoms with Gasteiger partial charge in [-0.1, -0.05) is 24.3 Å². The van der Waals surface area contributed by atoms with Crippen LogP contribution in [0.1, 0.15) is 62.5 Å². The average Bonchev–Trinajstić information content (AvgIpc) is 2.99. The molecular formula is C34H28F8N2O. The Bertz CT molecular complexity index is 1650. The van der Waals surface area contributed by atoms with E-state index in [4.69, 9.17) is 0 Å². The van der Waals surface area contributed by atoms with E-state index in [2.05, 4.69) is 26.9 Å². The molecule has 1 aromatic heterocycles. The van der Waals surface area contributed by atoms with Gasteiger partial charge in [0, 0.05) is 35.7 Å². The maximum Gasteiger partial charge on any atom is 0.432 e. The van der Waals surface area contributed by atoms with Crippen molar-refractivity contribution >= 4 is 0 Å². The number of hydrogen-bond donors (Lipinski definition) is 0. The van der Waals surface area contributed by atoms with E-state index in [1.807, 2.05) is 6.92 Å². The molecule has 45 heavy (non-hydrogen) atoms. The molecule has 4 aromatic rings. The number of halogens is 8. The molecule has 1 aliphatic rings. The van der Waals surface area contributed by atoms with E-state index in [-0.39, 0.29) is 23.5 Å². The van der Waals surface area contributed by atoms with Crippen LogP contribution in [-0.4, -0.2) is 9.97 Å². The highest BCUT2D eigenvalue weighted by Gasteiger charge is 2.41. The van der Waals surface area contributed by atoms with E-state index in [1.54, 1.807) is 12.4 Å². The summed E-state index contributed by atoms with van der Waals surface area (Å²) >= 11 is 0. The number of allylic oxidation sites excluding steroid dienone is 2. The number of ether oxygens (including phenoxy) is 1. The van der Waals surface area contributed by atoms with Crippen LogP contribution in [0.3, 0.4) is 0 Å². The second kappa shape index (κ2) is 13.4. The zero-order chi connectivity index (χ0) is 32.3. The van der Waals surface area contributed by atoms with Crippen LogP contribution in [0.5, 0.6) is 5.75 Å². The van der Waals surface area contributed by atoms with Crippen LogP contribution in [0, 0.1) is 40.8 Å². The first-order chi connectivity index (χ1) is 21.5. The first-order valence-corrected chi connectivity index (χ1v) is 14.4. The topological polar surface area (TPSA) is 35.0 Å². The minimum Gasteiger partial charge on any atom is -0.429 e. The Labute approximate surface area is 254 Å². The normalized spacial score (nSPS) is 17.2. The Morgan fingerprint density at radius 3 is 1.96 bits per heavy atom. The summed E-state index contributed by atoms with van der Waals surface area (Å²) in [6.07, 6.45) is 9.56. The Balaban J connectivity index is 1.30. The lowest BCUT2D eigenvalue weighted by Crippen LogP contribution is -2.25. The fraction of sp³-hybridized carbons (Fsp3) is 0.294. The van der Waals surface area contributed by atoms with Crippen LogP contribution in [-0.2, 0) is 6.11 Å². The number of alkyl halides is 2. The van der Waals surface area contributed by atoms with E-state index in [9.17, 15) is 30.7 Å². The number of nitrogens with zero attached hydrogens (tertiary/aromatic N) is 2. The van der Waals surface area contributed by atoms with Crippen LogP contribution in [0.2, 0.25) is 0 Å². The van der Waals surface area contributed by atoms with Gasteiger partial charge >= 0.3 is 6.11 Å². The first-order valence-electron chi connectivity index (χ1n) is 14.4. The molecule has 0 unspecified atom stereocenters. The van der Waals surface area contributed by atoms with Crippen molar-refractivity contribution in [3.05, 3.63) is 113 Å². The summed E-state index contributed by atoms with van der Waals surface area (Å²) in [7, 11) is 0. The second-order valence-corrected chi connectivity index (χ2v) is 11.0. The van der Waals surface area contributed by atoms with E-state index < -0.39 is 57.9 Å². The van der Waals surface area contributed by atoms with Crippen molar-refractivity contribution in [2.75, 3.05) is 0 Å². The zero-order valence-corrected chi connectivity index (χ0v) is 24.1. The van der Waals surface area contributed by atoms with Crippen molar-refractivity contribution in [2.45, 2.75) is 57.5 Å². The summed E-state index contributed by atoms with van der Waals surface area (Å²) < 4.78 is 118. The molecule has 1 heterocycles. The maximum absolute atomic E-state index is 15.2. The molecule has 0 spiro atoms. The maximum atomic E-state index is 15.2. The second-order valence-electron chi connectivity index (χ2n) is 11.0. The summed E-state index contributed by atoms with van der Waals surface area (Å²) in [5.74, 6) is -10.1. The van der Waals surface area contributed by atoms with Gasteiger partial charge in [0.05, 0.1) is 0 Å². The Kier molecular flexibility index (Phi) is 9.55. The van der Waals surface area contributed by atoms with Crippen LogP contribution in [0.4, 0.5) is 35.1 Å². The van der Waals surface area contributed by atoms with Gasteiger partial charge in [-0.3, -0.25) is 0 Å². The molecule has 0 radical (unpaired) electrons. The first kappa shape index (κ1) is 32.1. The molecule has 5 rings (SSSR count). The molecule has 236 valence electrons. The molecule has 1 saturated carbocycles. The monoisotopic (exact) mass is 632 g/mol. The molecule has 3 nitrogen and oxygen atoms in total. The predicted octanol–water partition coefficient (Wildman–Crippen LogP) is 10.4. The van der Waals surface area contributed by atoms with Crippen molar-refractivity contribution in [3.8, 4) is 28.3 Å². The molecule has 0 N–H and O–H groups in total. The highest BCUT2D eigenvalue weighted by Crippen LogP contribution is 2.39. The smallest absolute Gasteiger partial charge is 0.429 e. The van der Waals surface area contributed by atoms with Crippen LogP contribution in [0.25, 0.3) is 22.5 Å². The van der Waals surface area contributed by atoms with Crippen molar-refractivity contribution in [1.29, 1.82) is 0 Å². The average molecular weight is 633 g/mol. The van der Waals surface area contributed by atoms with Crippen LogP contribution in [0.15, 0.2) is 67.0 Å². The molecule has 3 aromatic carbocycles. The molecule has 0 saturated heterocycles. The van der Waals surface area contributed by atoms with Crippen molar-refractivity contribution in [1.82, 2.24) is 9.97 Å².